The van der Waals surface area contributed by atoms with E-state index in [1.54, 1.807) is 0 Å². The fourth-order valence-electron chi connectivity index (χ4n) is 7.81. The van der Waals surface area contributed by atoms with Crippen LogP contribution in [0.2, 0.25) is 0 Å². The van der Waals surface area contributed by atoms with Crippen LogP contribution in [0.1, 0.15) is 112 Å². The number of carbonyl (C=O) groups excluding carboxylic acids is 1. The summed E-state index contributed by atoms with van der Waals surface area (Å²) in [6.07, 6.45) is 16.2. The molecule has 1 saturated heterocycles. The molecular weight excluding hydrogens is 346 g/mol. The summed E-state index contributed by atoms with van der Waals surface area (Å²) < 4.78 is 2.33. The van der Waals surface area contributed by atoms with Crippen molar-refractivity contribution in [2.75, 3.05) is 0 Å². The minimum absolute atomic E-state index is 0.191. The number of rotatable bonds is 2. The predicted molar refractivity (Wildman–Crippen MR) is 109 cm³/mol. The Labute approximate surface area is 169 Å². The molecule has 3 saturated carbocycles. The van der Waals surface area contributed by atoms with Crippen molar-refractivity contribution in [3.05, 3.63) is 17.0 Å². The van der Waals surface area contributed by atoms with Crippen LogP contribution >= 0.6 is 0 Å². The fraction of sp³-hybridized carbons (Fsp3) is 0.833. The van der Waals surface area contributed by atoms with Gasteiger partial charge in [-0.3, -0.25) is 9.48 Å². The molecule has 4 aliphatic carbocycles. The number of fused-ring (bicyclic) bond motifs is 2. The monoisotopic (exact) mass is 381 g/mol. The van der Waals surface area contributed by atoms with E-state index in [1.165, 1.54) is 81.9 Å². The van der Waals surface area contributed by atoms with Gasteiger partial charge in [-0.1, -0.05) is 39.5 Å². The van der Waals surface area contributed by atoms with Crippen LogP contribution in [0.4, 0.5) is 0 Å². The van der Waals surface area contributed by atoms with Gasteiger partial charge in [0.1, 0.15) is 0 Å². The van der Waals surface area contributed by atoms with Gasteiger partial charge in [0.05, 0.1) is 17.6 Å². The molecule has 4 heteroatoms. The molecule has 4 nitrogen and oxygen atoms in total. The molecule has 2 heterocycles. The van der Waals surface area contributed by atoms with Gasteiger partial charge in [-0.15, -0.1) is 0 Å². The Balaban J connectivity index is 1.39. The zero-order valence-corrected chi connectivity index (χ0v) is 17.7. The summed E-state index contributed by atoms with van der Waals surface area (Å²) in [5.41, 5.74) is 4.06. The first-order valence-electron chi connectivity index (χ1n) is 12.0. The summed E-state index contributed by atoms with van der Waals surface area (Å²) in [5.74, 6) is 1.09. The number of carbonyl (C=O) groups is 1. The van der Waals surface area contributed by atoms with Crippen LogP contribution in [0.15, 0.2) is 0 Å². The van der Waals surface area contributed by atoms with Gasteiger partial charge in [0.2, 0.25) is 0 Å². The third-order valence-electron chi connectivity index (χ3n) is 9.26. The van der Waals surface area contributed by atoms with Crippen molar-refractivity contribution < 1.29 is 4.79 Å². The van der Waals surface area contributed by atoms with E-state index < -0.39 is 0 Å². The Kier molecular flexibility index (Phi) is 3.67. The molecule has 0 N–H and O–H groups in total. The van der Waals surface area contributed by atoms with Crippen molar-refractivity contribution in [3.8, 4) is 0 Å². The third kappa shape index (κ3) is 2.18. The zero-order valence-electron chi connectivity index (χ0n) is 17.7. The van der Waals surface area contributed by atoms with Crippen LogP contribution in [0, 0.1) is 11.3 Å². The first-order chi connectivity index (χ1) is 13.5. The van der Waals surface area contributed by atoms with Gasteiger partial charge in [0.25, 0.3) is 5.91 Å². The Morgan fingerprint density at radius 1 is 1.00 bits per heavy atom. The first kappa shape index (κ1) is 17.5. The van der Waals surface area contributed by atoms with Crippen LogP contribution in [0.25, 0.3) is 0 Å². The summed E-state index contributed by atoms with van der Waals surface area (Å²) in [6, 6.07) is 1.00. The zero-order chi connectivity index (χ0) is 19.1. The highest BCUT2D eigenvalue weighted by Crippen LogP contribution is 2.72. The molecule has 0 aromatic carbocycles. The highest BCUT2D eigenvalue weighted by molar-refractivity contribution is 5.97. The van der Waals surface area contributed by atoms with E-state index >= 15 is 0 Å². The fourth-order valence-corrected chi connectivity index (χ4v) is 7.81. The molecule has 152 valence electrons. The molecule has 1 aliphatic heterocycles. The van der Waals surface area contributed by atoms with Gasteiger partial charge in [-0.05, 0) is 69.1 Å². The number of hydrogen-bond acceptors (Lipinski definition) is 2. The minimum atomic E-state index is 0.191. The molecule has 0 radical (unpaired) electrons. The molecule has 1 aromatic heterocycles. The van der Waals surface area contributed by atoms with Crippen molar-refractivity contribution in [1.82, 2.24) is 14.7 Å². The van der Waals surface area contributed by atoms with Crippen LogP contribution in [0.5, 0.6) is 0 Å². The second-order valence-electron chi connectivity index (χ2n) is 11.0. The Morgan fingerprint density at radius 3 is 2.46 bits per heavy atom. The maximum absolute atomic E-state index is 13.8. The quantitative estimate of drug-likeness (QED) is 0.672. The molecule has 1 aromatic rings. The van der Waals surface area contributed by atoms with Gasteiger partial charge in [0.15, 0.2) is 5.69 Å². The van der Waals surface area contributed by atoms with Crippen molar-refractivity contribution in [1.29, 1.82) is 0 Å². The average molecular weight is 382 g/mol. The van der Waals surface area contributed by atoms with Gasteiger partial charge >= 0.3 is 0 Å². The van der Waals surface area contributed by atoms with Gasteiger partial charge in [0, 0.05) is 11.3 Å². The van der Waals surface area contributed by atoms with E-state index in [2.05, 4.69) is 23.4 Å². The normalized spacial score (nSPS) is 36.1. The summed E-state index contributed by atoms with van der Waals surface area (Å²) in [6.45, 7) is 4.80. The maximum atomic E-state index is 13.8. The molecular formula is C24H35N3O. The average Bonchev–Trinajstić information content (AvgIpc) is 3.11. The number of amides is 1. The lowest BCUT2D eigenvalue weighted by atomic mass is 9.76. The van der Waals surface area contributed by atoms with Crippen LogP contribution < -0.4 is 0 Å². The number of aromatic nitrogens is 2. The standard InChI is InChI=1S/C24H35N3O/c1-23(2)16-13-14-24(15-16)22(23)26(24)21(28)20-18-11-5-3-4-6-12-19(18)27(25-20)17-9-7-8-10-17/h16-17,22H,3-15H2,1-2H3. The van der Waals surface area contributed by atoms with E-state index in [4.69, 9.17) is 5.10 Å². The lowest BCUT2D eigenvalue weighted by Gasteiger charge is -2.30. The number of likely N-dealkylation sites (tertiary alicyclic amines) is 1. The number of hydrogen-bond donors (Lipinski definition) is 0. The van der Waals surface area contributed by atoms with Gasteiger partial charge < -0.3 is 4.90 Å². The molecule has 2 bridgehead atoms. The van der Waals surface area contributed by atoms with Crippen LogP contribution in [-0.2, 0) is 12.8 Å². The maximum Gasteiger partial charge on any atom is 0.275 e. The van der Waals surface area contributed by atoms with E-state index in [0.29, 0.717) is 12.1 Å². The highest BCUT2D eigenvalue weighted by atomic mass is 16.2. The lowest BCUT2D eigenvalue weighted by molar-refractivity contribution is 0.0785. The summed E-state index contributed by atoms with van der Waals surface area (Å²) in [5, 5.41) is 5.10. The third-order valence-corrected chi connectivity index (χ3v) is 9.26. The molecule has 1 spiro atoms. The lowest BCUT2D eigenvalue weighted by Crippen LogP contribution is -2.31. The second-order valence-corrected chi connectivity index (χ2v) is 11.0. The molecule has 5 aliphatic rings. The molecule has 3 unspecified atom stereocenters. The van der Waals surface area contributed by atoms with E-state index in [9.17, 15) is 4.79 Å². The van der Waals surface area contributed by atoms with Crippen molar-refractivity contribution in [3.63, 3.8) is 0 Å². The van der Waals surface area contributed by atoms with E-state index in [0.717, 1.165) is 24.5 Å². The van der Waals surface area contributed by atoms with Crippen molar-refractivity contribution in [2.45, 2.75) is 115 Å². The van der Waals surface area contributed by atoms with Crippen molar-refractivity contribution in [2.24, 2.45) is 11.3 Å². The minimum Gasteiger partial charge on any atom is -0.324 e. The van der Waals surface area contributed by atoms with Crippen LogP contribution in [-0.4, -0.2) is 32.2 Å². The number of piperidine rings is 1. The first-order valence-corrected chi connectivity index (χ1v) is 12.0. The Bertz CT molecular complexity index is 818. The SMILES string of the molecule is CC1(C)C2CCC3(C2)C1N3C(=O)c1nn(C2CCCC2)c2c1CCCCCC2. The second kappa shape index (κ2) is 5.86. The molecule has 3 atom stereocenters. The highest BCUT2D eigenvalue weighted by Gasteiger charge is 2.79. The van der Waals surface area contributed by atoms with Crippen molar-refractivity contribution >= 4 is 5.91 Å². The molecule has 28 heavy (non-hydrogen) atoms. The molecule has 4 fully saturated rings. The summed E-state index contributed by atoms with van der Waals surface area (Å²) in [7, 11) is 0. The molecule has 1 amide bonds. The van der Waals surface area contributed by atoms with E-state index in [-0.39, 0.29) is 16.9 Å². The largest absolute Gasteiger partial charge is 0.324 e. The van der Waals surface area contributed by atoms with Gasteiger partial charge in [-0.25, -0.2) is 0 Å². The van der Waals surface area contributed by atoms with E-state index in [1.807, 2.05) is 0 Å². The van der Waals surface area contributed by atoms with Gasteiger partial charge in [-0.2, -0.15) is 5.10 Å². The molecule has 6 rings (SSSR count). The topological polar surface area (TPSA) is 37.9 Å². The Hall–Kier alpha value is -1.32. The number of nitrogens with zero attached hydrogens (tertiary/aromatic N) is 3. The summed E-state index contributed by atoms with van der Waals surface area (Å²) in [4.78, 5) is 16.1. The Morgan fingerprint density at radius 2 is 1.75 bits per heavy atom. The van der Waals surface area contributed by atoms with Crippen LogP contribution in [0.3, 0.4) is 0 Å². The summed E-state index contributed by atoms with van der Waals surface area (Å²) >= 11 is 0. The predicted octanol–water partition coefficient (Wildman–Crippen LogP) is 5.06. The smallest absolute Gasteiger partial charge is 0.275 e.